The Balaban J connectivity index is 2.04. The number of nitrogens with one attached hydrogen (secondary N) is 1. The number of likely N-dealkylation sites (N-methyl/N-ethyl adjacent to an activating group) is 1. The molecule has 0 bridgehead atoms. The maximum absolute atomic E-state index is 4.71. The fourth-order valence-electron chi connectivity index (χ4n) is 2.14. The van der Waals surface area contributed by atoms with Gasteiger partial charge in [0.1, 0.15) is 11.6 Å². The van der Waals surface area contributed by atoms with E-state index in [2.05, 4.69) is 35.1 Å². The van der Waals surface area contributed by atoms with Crippen LogP contribution in [0, 0.1) is 0 Å². The van der Waals surface area contributed by atoms with Crippen LogP contribution in [0.5, 0.6) is 0 Å². The van der Waals surface area contributed by atoms with Crippen molar-refractivity contribution in [2.75, 3.05) is 32.0 Å². The SMILES string of the molecule is CCN(CC)CCc1nc(NC)cc(C2CC2)n1. The van der Waals surface area contributed by atoms with E-state index in [4.69, 9.17) is 4.98 Å². The molecule has 4 nitrogen and oxygen atoms in total. The standard InChI is InChI=1S/C14H24N4/c1-4-18(5-2)9-8-13-16-12(11-6-7-11)10-14(15-3)17-13/h10-11H,4-9H2,1-3H3,(H,15,16,17). The molecule has 0 spiro atoms. The first kappa shape index (κ1) is 13.3. The normalized spacial score (nSPS) is 15.1. The van der Waals surface area contributed by atoms with Gasteiger partial charge in [0.15, 0.2) is 0 Å². The van der Waals surface area contributed by atoms with E-state index in [1.807, 2.05) is 7.05 Å². The Morgan fingerprint density at radius 2 is 2.00 bits per heavy atom. The summed E-state index contributed by atoms with van der Waals surface area (Å²) in [6.45, 7) is 7.63. The summed E-state index contributed by atoms with van der Waals surface area (Å²) in [5.74, 6) is 2.63. The largest absolute Gasteiger partial charge is 0.373 e. The van der Waals surface area contributed by atoms with Gasteiger partial charge in [-0.25, -0.2) is 9.97 Å². The quantitative estimate of drug-likeness (QED) is 0.804. The van der Waals surface area contributed by atoms with Gasteiger partial charge in [-0.15, -0.1) is 0 Å². The van der Waals surface area contributed by atoms with Gasteiger partial charge >= 0.3 is 0 Å². The predicted molar refractivity (Wildman–Crippen MR) is 75.0 cm³/mol. The van der Waals surface area contributed by atoms with Crippen molar-refractivity contribution in [3.05, 3.63) is 17.6 Å². The zero-order chi connectivity index (χ0) is 13.0. The maximum atomic E-state index is 4.71. The molecule has 0 aromatic carbocycles. The third-order valence-electron chi connectivity index (χ3n) is 3.59. The molecule has 0 unspecified atom stereocenters. The zero-order valence-electron chi connectivity index (χ0n) is 11.7. The van der Waals surface area contributed by atoms with Crippen molar-refractivity contribution < 1.29 is 0 Å². The van der Waals surface area contributed by atoms with Crippen LogP contribution in [0.15, 0.2) is 6.07 Å². The number of hydrogen-bond donors (Lipinski definition) is 1. The monoisotopic (exact) mass is 248 g/mol. The van der Waals surface area contributed by atoms with Gasteiger partial charge in [0.05, 0.1) is 0 Å². The van der Waals surface area contributed by atoms with Crippen LogP contribution in [0.4, 0.5) is 5.82 Å². The van der Waals surface area contributed by atoms with E-state index >= 15 is 0 Å². The highest BCUT2D eigenvalue weighted by atomic mass is 15.1. The van der Waals surface area contributed by atoms with Crippen molar-refractivity contribution in [3.8, 4) is 0 Å². The molecule has 0 radical (unpaired) electrons. The number of rotatable bonds is 7. The van der Waals surface area contributed by atoms with Crippen LogP contribution in [0.25, 0.3) is 0 Å². The molecule has 18 heavy (non-hydrogen) atoms. The van der Waals surface area contributed by atoms with E-state index in [0.717, 1.165) is 37.7 Å². The molecule has 1 aromatic rings. The molecule has 0 saturated heterocycles. The highest BCUT2D eigenvalue weighted by molar-refractivity contribution is 5.37. The summed E-state index contributed by atoms with van der Waals surface area (Å²) >= 11 is 0. The van der Waals surface area contributed by atoms with Gasteiger partial charge < -0.3 is 10.2 Å². The van der Waals surface area contributed by atoms with Crippen LogP contribution in [0.2, 0.25) is 0 Å². The molecule has 1 aliphatic carbocycles. The molecule has 100 valence electrons. The summed E-state index contributed by atoms with van der Waals surface area (Å²) in [7, 11) is 1.92. The summed E-state index contributed by atoms with van der Waals surface area (Å²) < 4.78 is 0. The Hall–Kier alpha value is -1.16. The first-order valence-corrected chi connectivity index (χ1v) is 7.04. The Kier molecular flexibility index (Phi) is 4.53. The van der Waals surface area contributed by atoms with Crippen LogP contribution >= 0.6 is 0 Å². The number of aromatic nitrogens is 2. The first-order chi connectivity index (χ1) is 8.76. The summed E-state index contributed by atoms with van der Waals surface area (Å²) in [5, 5.41) is 3.14. The summed E-state index contributed by atoms with van der Waals surface area (Å²) in [5.41, 5.74) is 1.23. The molecular weight excluding hydrogens is 224 g/mol. The van der Waals surface area contributed by atoms with E-state index in [1.54, 1.807) is 0 Å². The van der Waals surface area contributed by atoms with E-state index in [0.29, 0.717) is 5.92 Å². The molecule has 0 aliphatic heterocycles. The third-order valence-corrected chi connectivity index (χ3v) is 3.59. The molecule has 1 fully saturated rings. The van der Waals surface area contributed by atoms with Crippen molar-refractivity contribution in [2.45, 2.75) is 39.0 Å². The second-order valence-corrected chi connectivity index (χ2v) is 4.90. The number of nitrogens with zero attached hydrogens (tertiary/aromatic N) is 3. The minimum atomic E-state index is 0.687. The highest BCUT2D eigenvalue weighted by Gasteiger charge is 2.26. The van der Waals surface area contributed by atoms with Crippen LogP contribution in [-0.2, 0) is 6.42 Å². The van der Waals surface area contributed by atoms with Crippen molar-refractivity contribution in [1.82, 2.24) is 14.9 Å². The van der Waals surface area contributed by atoms with Gasteiger partial charge in [0, 0.05) is 37.7 Å². The minimum Gasteiger partial charge on any atom is -0.373 e. The molecule has 1 aromatic heterocycles. The van der Waals surface area contributed by atoms with Crippen molar-refractivity contribution in [2.24, 2.45) is 0 Å². The Labute approximate surface area is 110 Å². The van der Waals surface area contributed by atoms with Gasteiger partial charge in [-0.3, -0.25) is 0 Å². The Morgan fingerprint density at radius 3 is 2.56 bits per heavy atom. The van der Waals surface area contributed by atoms with Crippen LogP contribution in [-0.4, -0.2) is 41.5 Å². The summed E-state index contributed by atoms with van der Waals surface area (Å²) in [6, 6.07) is 2.10. The molecule has 4 heteroatoms. The number of hydrogen-bond acceptors (Lipinski definition) is 4. The molecule has 1 saturated carbocycles. The fourth-order valence-corrected chi connectivity index (χ4v) is 2.14. The molecule has 1 N–H and O–H groups in total. The van der Waals surface area contributed by atoms with Crippen LogP contribution in [0.3, 0.4) is 0 Å². The second kappa shape index (κ2) is 6.14. The topological polar surface area (TPSA) is 41.1 Å². The lowest BCUT2D eigenvalue weighted by molar-refractivity contribution is 0.305. The first-order valence-electron chi connectivity index (χ1n) is 7.04. The summed E-state index contributed by atoms with van der Waals surface area (Å²) in [4.78, 5) is 11.7. The minimum absolute atomic E-state index is 0.687. The lowest BCUT2D eigenvalue weighted by atomic mass is 10.2. The molecule has 1 heterocycles. The Morgan fingerprint density at radius 1 is 1.28 bits per heavy atom. The molecule has 0 atom stereocenters. The third kappa shape index (κ3) is 3.42. The lowest BCUT2D eigenvalue weighted by Gasteiger charge is -2.17. The van der Waals surface area contributed by atoms with E-state index in [-0.39, 0.29) is 0 Å². The molecule has 1 aliphatic rings. The van der Waals surface area contributed by atoms with E-state index in [9.17, 15) is 0 Å². The van der Waals surface area contributed by atoms with Crippen LogP contribution in [0.1, 0.15) is 44.1 Å². The second-order valence-electron chi connectivity index (χ2n) is 4.90. The average molecular weight is 248 g/mol. The van der Waals surface area contributed by atoms with Gasteiger partial charge in [-0.05, 0) is 25.9 Å². The van der Waals surface area contributed by atoms with Crippen molar-refractivity contribution in [3.63, 3.8) is 0 Å². The fraction of sp³-hybridized carbons (Fsp3) is 0.714. The molecular formula is C14H24N4. The van der Waals surface area contributed by atoms with Crippen molar-refractivity contribution in [1.29, 1.82) is 0 Å². The smallest absolute Gasteiger partial charge is 0.132 e. The van der Waals surface area contributed by atoms with Gasteiger partial charge in [0.2, 0.25) is 0 Å². The van der Waals surface area contributed by atoms with Crippen LogP contribution < -0.4 is 5.32 Å². The van der Waals surface area contributed by atoms with Gasteiger partial charge in [-0.2, -0.15) is 0 Å². The van der Waals surface area contributed by atoms with Gasteiger partial charge in [0.25, 0.3) is 0 Å². The van der Waals surface area contributed by atoms with Crippen molar-refractivity contribution >= 4 is 5.82 Å². The highest BCUT2D eigenvalue weighted by Crippen LogP contribution is 2.39. The van der Waals surface area contributed by atoms with E-state index < -0.39 is 0 Å². The summed E-state index contributed by atoms with van der Waals surface area (Å²) in [6.07, 6.45) is 3.52. The number of anilines is 1. The Bertz CT molecular complexity index is 383. The average Bonchev–Trinajstić information content (AvgIpc) is 3.24. The lowest BCUT2D eigenvalue weighted by Crippen LogP contribution is -2.26. The zero-order valence-corrected chi connectivity index (χ0v) is 11.7. The molecule has 2 rings (SSSR count). The predicted octanol–water partition coefficient (Wildman–Crippen LogP) is 2.28. The van der Waals surface area contributed by atoms with E-state index in [1.165, 1.54) is 18.5 Å². The maximum Gasteiger partial charge on any atom is 0.132 e. The molecule has 0 amide bonds. The van der Waals surface area contributed by atoms with Gasteiger partial charge in [-0.1, -0.05) is 13.8 Å².